The molecular weight excluding hydrogens is 220 g/mol. The predicted octanol–water partition coefficient (Wildman–Crippen LogP) is 3.72. The Balaban J connectivity index is 2.35. The minimum Gasteiger partial charge on any atom is -0.311 e. The molecule has 2 nitrogen and oxygen atoms in total. The minimum atomic E-state index is 0.454. The van der Waals surface area contributed by atoms with E-state index in [0.717, 1.165) is 5.52 Å². The lowest BCUT2D eigenvalue weighted by Gasteiger charge is -2.25. The number of aromatic nitrogens is 1. The maximum atomic E-state index is 4.42. The monoisotopic (exact) mass is 242 g/mol. The number of benzene rings is 1. The molecule has 1 heterocycles. The quantitative estimate of drug-likeness (QED) is 0.883. The molecule has 0 bridgehead atoms. The molecule has 2 atom stereocenters. The van der Waals surface area contributed by atoms with Gasteiger partial charge in [0.1, 0.15) is 0 Å². The van der Waals surface area contributed by atoms with Crippen LogP contribution in [-0.4, -0.2) is 17.1 Å². The Morgan fingerprint density at radius 1 is 1.00 bits per heavy atom. The number of pyridine rings is 1. The zero-order valence-corrected chi connectivity index (χ0v) is 11.6. The SMILES string of the molecule is CC(C)NC(C)C(C)c1cccc2ncccc12. The minimum absolute atomic E-state index is 0.454. The van der Waals surface area contributed by atoms with Crippen LogP contribution in [-0.2, 0) is 0 Å². The Hall–Kier alpha value is -1.41. The van der Waals surface area contributed by atoms with E-state index in [9.17, 15) is 0 Å². The third-order valence-corrected chi connectivity index (χ3v) is 3.52. The van der Waals surface area contributed by atoms with Gasteiger partial charge in [0.2, 0.25) is 0 Å². The molecule has 2 aromatic rings. The van der Waals surface area contributed by atoms with Crippen LogP contribution in [0.25, 0.3) is 10.9 Å². The van der Waals surface area contributed by atoms with Crippen molar-refractivity contribution in [2.24, 2.45) is 0 Å². The number of fused-ring (bicyclic) bond motifs is 1. The number of rotatable bonds is 4. The summed E-state index contributed by atoms with van der Waals surface area (Å²) in [6.45, 7) is 8.91. The zero-order chi connectivity index (χ0) is 13.1. The van der Waals surface area contributed by atoms with Crippen LogP contribution in [0.5, 0.6) is 0 Å². The number of hydrogen-bond acceptors (Lipinski definition) is 2. The Kier molecular flexibility index (Phi) is 3.97. The highest BCUT2D eigenvalue weighted by Crippen LogP contribution is 2.26. The molecule has 2 rings (SSSR count). The fraction of sp³-hybridized carbons (Fsp3) is 0.438. The van der Waals surface area contributed by atoms with Crippen LogP contribution in [0.15, 0.2) is 36.5 Å². The summed E-state index contributed by atoms with van der Waals surface area (Å²) in [4.78, 5) is 4.42. The summed E-state index contributed by atoms with van der Waals surface area (Å²) in [7, 11) is 0. The normalized spacial score (nSPS) is 14.9. The van der Waals surface area contributed by atoms with E-state index in [1.54, 1.807) is 0 Å². The fourth-order valence-electron chi connectivity index (χ4n) is 2.46. The first-order chi connectivity index (χ1) is 8.59. The van der Waals surface area contributed by atoms with Crippen molar-refractivity contribution in [2.45, 2.75) is 45.7 Å². The van der Waals surface area contributed by atoms with E-state index in [-0.39, 0.29) is 0 Å². The van der Waals surface area contributed by atoms with Crippen molar-refractivity contribution in [1.29, 1.82) is 0 Å². The highest BCUT2D eigenvalue weighted by molar-refractivity contribution is 5.82. The lowest BCUT2D eigenvalue weighted by atomic mass is 9.91. The van der Waals surface area contributed by atoms with Crippen LogP contribution >= 0.6 is 0 Å². The van der Waals surface area contributed by atoms with Gasteiger partial charge in [-0.2, -0.15) is 0 Å². The molecule has 0 aliphatic heterocycles. The average Bonchev–Trinajstić information content (AvgIpc) is 2.36. The van der Waals surface area contributed by atoms with Crippen LogP contribution in [0.4, 0.5) is 0 Å². The summed E-state index contributed by atoms with van der Waals surface area (Å²) in [5.74, 6) is 0.472. The number of hydrogen-bond donors (Lipinski definition) is 1. The molecule has 0 amide bonds. The Labute approximate surface area is 109 Å². The van der Waals surface area contributed by atoms with Gasteiger partial charge in [-0.15, -0.1) is 0 Å². The Bertz CT molecular complexity index is 514. The van der Waals surface area contributed by atoms with E-state index < -0.39 is 0 Å². The Morgan fingerprint density at radius 2 is 1.78 bits per heavy atom. The standard InChI is InChI=1S/C16H22N2/c1-11(2)18-13(4)12(3)14-7-5-9-16-15(14)8-6-10-17-16/h5-13,18H,1-4H3. The molecule has 0 radical (unpaired) electrons. The first kappa shape index (κ1) is 13.0. The maximum absolute atomic E-state index is 4.42. The third-order valence-electron chi connectivity index (χ3n) is 3.52. The molecule has 1 aromatic carbocycles. The second-order valence-electron chi connectivity index (χ2n) is 5.32. The van der Waals surface area contributed by atoms with Gasteiger partial charge < -0.3 is 5.32 Å². The molecule has 1 N–H and O–H groups in total. The molecule has 0 saturated carbocycles. The second kappa shape index (κ2) is 5.49. The largest absolute Gasteiger partial charge is 0.311 e. The first-order valence-electron chi connectivity index (χ1n) is 6.69. The summed E-state index contributed by atoms with van der Waals surface area (Å²) in [6, 6.07) is 11.5. The first-order valence-corrected chi connectivity index (χ1v) is 6.69. The molecule has 18 heavy (non-hydrogen) atoms. The van der Waals surface area contributed by atoms with Crippen molar-refractivity contribution in [2.75, 3.05) is 0 Å². The van der Waals surface area contributed by atoms with Crippen molar-refractivity contribution in [1.82, 2.24) is 10.3 Å². The molecule has 0 aliphatic rings. The average molecular weight is 242 g/mol. The summed E-state index contributed by atoms with van der Waals surface area (Å²) in [5, 5.41) is 4.85. The molecule has 1 aromatic heterocycles. The van der Waals surface area contributed by atoms with Crippen molar-refractivity contribution >= 4 is 10.9 Å². The van der Waals surface area contributed by atoms with Gasteiger partial charge >= 0.3 is 0 Å². The van der Waals surface area contributed by atoms with Crippen LogP contribution in [0.1, 0.15) is 39.2 Å². The molecular formula is C16H22N2. The lowest BCUT2D eigenvalue weighted by Crippen LogP contribution is -2.36. The third kappa shape index (κ3) is 2.70. The summed E-state index contributed by atoms with van der Waals surface area (Å²) in [5.41, 5.74) is 2.46. The molecule has 2 unspecified atom stereocenters. The van der Waals surface area contributed by atoms with Crippen molar-refractivity contribution in [3.63, 3.8) is 0 Å². The molecule has 0 saturated heterocycles. The van der Waals surface area contributed by atoms with E-state index in [2.05, 4.69) is 62.3 Å². The van der Waals surface area contributed by atoms with Gasteiger partial charge in [-0.3, -0.25) is 4.98 Å². The van der Waals surface area contributed by atoms with Gasteiger partial charge in [-0.05, 0) is 30.5 Å². The van der Waals surface area contributed by atoms with Crippen molar-refractivity contribution in [3.05, 3.63) is 42.1 Å². The highest BCUT2D eigenvalue weighted by Gasteiger charge is 2.16. The lowest BCUT2D eigenvalue weighted by molar-refractivity contribution is 0.441. The van der Waals surface area contributed by atoms with Crippen LogP contribution in [0, 0.1) is 0 Å². The Morgan fingerprint density at radius 3 is 2.50 bits per heavy atom. The smallest absolute Gasteiger partial charge is 0.0704 e. The maximum Gasteiger partial charge on any atom is 0.0704 e. The number of nitrogens with one attached hydrogen (secondary N) is 1. The fourth-order valence-corrected chi connectivity index (χ4v) is 2.46. The highest BCUT2D eigenvalue weighted by atomic mass is 14.9. The van der Waals surface area contributed by atoms with Crippen molar-refractivity contribution in [3.8, 4) is 0 Å². The van der Waals surface area contributed by atoms with E-state index in [1.807, 2.05) is 12.3 Å². The molecule has 2 heteroatoms. The van der Waals surface area contributed by atoms with Crippen LogP contribution < -0.4 is 5.32 Å². The molecule has 0 spiro atoms. The van der Waals surface area contributed by atoms with Gasteiger partial charge in [0.05, 0.1) is 5.52 Å². The van der Waals surface area contributed by atoms with Gasteiger partial charge in [0.25, 0.3) is 0 Å². The molecule has 0 fully saturated rings. The van der Waals surface area contributed by atoms with Gasteiger partial charge in [0.15, 0.2) is 0 Å². The van der Waals surface area contributed by atoms with Gasteiger partial charge in [0, 0.05) is 23.7 Å². The van der Waals surface area contributed by atoms with E-state index in [1.165, 1.54) is 10.9 Å². The summed E-state index contributed by atoms with van der Waals surface area (Å²) < 4.78 is 0. The van der Waals surface area contributed by atoms with E-state index in [0.29, 0.717) is 18.0 Å². The van der Waals surface area contributed by atoms with Crippen LogP contribution in [0.2, 0.25) is 0 Å². The van der Waals surface area contributed by atoms with E-state index in [4.69, 9.17) is 0 Å². The number of nitrogens with zero attached hydrogens (tertiary/aromatic N) is 1. The van der Waals surface area contributed by atoms with Gasteiger partial charge in [-0.1, -0.05) is 39.0 Å². The topological polar surface area (TPSA) is 24.9 Å². The second-order valence-corrected chi connectivity index (χ2v) is 5.32. The van der Waals surface area contributed by atoms with Crippen molar-refractivity contribution < 1.29 is 0 Å². The predicted molar refractivity (Wildman–Crippen MR) is 77.9 cm³/mol. The zero-order valence-electron chi connectivity index (χ0n) is 11.6. The summed E-state index contributed by atoms with van der Waals surface area (Å²) >= 11 is 0. The van der Waals surface area contributed by atoms with Gasteiger partial charge in [-0.25, -0.2) is 0 Å². The molecule has 0 aliphatic carbocycles. The van der Waals surface area contributed by atoms with Crippen LogP contribution in [0.3, 0.4) is 0 Å². The summed E-state index contributed by atoms with van der Waals surface area (Å²) in [6.07, 6.45) is 1.85. The molecule has 96 valence electrons. The van der Waals surface area contributed by atoms with E-state index >= 15 is 0 Å².